The summed E-state index contributed by atoms with van der Waals surface area (Å²) in [6, 6.07) is 3.78. The van der Waals surface area contributed by atoms with Crippen LogP contribution in [0.4, 0.5) is 0 Å². The summed E-state index contributed by atoms with van der Waals surface area (Å²) in [5, 5.41) is 0. The van der Waals surface area contributed by atoms with Crippen LogP contribution in [0.5, 0.6) is 5.75 Å². The predicted molar refractivity (Wildman–Crippen MR) is 75.8 cm³/mol. The van der Waals surface area contributed by atoms with Crippen molar-refractivity contribution in [2.24, 2.45) is 0 Å². The first-order chi connectivity index (χ1) is 10.1. The van der Waals surface area contributed by atoms with Crippen molar-refractivity contribution in [2.75, 3.05) is 19.7 Å². The van der Waals surface area contributed by atoms with Crippen LogP contribution in [0.15, 0.2) is 18.3 Å². The Morgan fingerprint density at radius 2 is 2.05 bits per heavy atom. The first-order valence-electron chi connectivity index (χ1n) is 7.15. The van der Waals surface area contributed by atoms with E-state index in [9.17, 15) is 9.59 Å². The van der Waals surface area contributed by atoms with Gasteiger partial charge in [0.2, 0.25) is 0 Å². The number of likely N-dealkylation sites (tertiary alicyclic amines) is 1. The van der Waals surface area contributed by atoms with Crippen molar-refractivity contribution in [3.8, 4) is 5.75 Å². The van der Waals surface area contributed by atoms with Crippen LogP contribution >= 0.6 is 0 Å². The summed E-state index contributed by atoms with van der Waals surface area (Å²) in [6.07, 6.45) is 3.13. The van der Waals surface area contributed by atoms with Crippen LogP contribution in [0.3, 0.4) is 0 Å². The van der Waals surface area contributed by atoms with E-state index in [0.717, 1.165) is 11.4 Å². The third-order valence-electron chi connectivity index (χ3n) is 3.37. The molecule has 0 saturated carbocycles. The highest BCUT2D eigenvalue weighted by Gasteiger charge is 2.28. The van der Waals surface area contributed by atoms with Gasteiger partial charge in [0.05, 0.1) is 12.8 Å². The van der Waals surface area contributed by atoms with Gasteiger partial charge < -0.3 is 14.4 Å². The summed E-state index contributed by atoms with van der Waals surface area (Å²) in [4.78, 5) is 28.9. The molecule has 1 amide bonds. The third kappa shape index (κ3) is 4.18. The number of aryl methyl sites for hydroxylation is 1. The number of hydrogen-bond donors (Lipinski definition) is 0. The molecule has 0 spiro atoms. The SMILES string of the molecule is CCOC(=O)C(=O)N1CCC(Oc2ccc(C)nc2)CC1. The lowest BCUT2D eigenvalue weighted by atomic mass is 10.1. The number of carbonyl (C=O) groups excluding carboxylic acids is 2. The average molecular weight is 292 g/mol. The molecule has 1 aliphatic heterocycles. The molecule has 6 nitrogen and oxygen atoms in total. The molecule has 0 aliphatic carbocycles. The van der Waals surface area contributed by atoms with Crippen LogP contribution in [0.25, 0.3) is 0 Å². The Bertz CT molecular complexity index is 493. The number of aromatic nitrogens is 1. The van der Waals surface area contributed by atoms with E-state index in [1.165, 1.54) is 4.90 Å². The van der Waals surface area contributed by atoms with Crippen molar-refractivity contribution < 1.29 is 19.1 Å². The molecule has 6 heteroatoms. The highest BCUT2D eigenvalue weighted by molar-refractivity contribution is 6.32. The smallest absolute Gasteiger partial charge is 0.397 e. The first-order valence-corrected chi connectivity index (χ1v) is 7.15. The Kier molecular flexibility index (Phi) is 5.14. The Morgan fingerprint density at radius 3 is 2.62 bits per heavy atom. The third-order valence-corrected chi connectivity index (χ3v) is 3.37. The standard InChI is InChI=1S/C15H20N2O4/c1-3-20-15(19)14(18)17-8-6-12(7-9-17)21-13-5-4-11(2)16-10-13/h4-5,10,12H,3,6-9H2,1-2H3. The fraction of sp³-hybridized carbons (Fsp3) is 0.533. The van der Waals surface area contributed by atoms with Gasteiger partial charge >= 0.3 is 11.9 Å². The van der Waals surface area contributed by atoms with Crippen LogP contribution < -0.4 is 4.74 Å². The normalized spacial score (nSPS) is 15.6. The molecule has 0 N–H and O–H groups in total. The minimum Gasteiger partial charge on any atom is -0.489 e. The maximum Gasteiger partial charge on any atom is 0.397 e. The number of esters is 1. The van der Waals surface area contributed by atoms with E-state index in [1.54, 1.807) is 13.1 Å². The number of piperidine rings is 1. The number of ether oxygens (including phenoxy) is 2. The van der Waals surface area contributed by atoms with Crippen molar-refractivity contribution in [1.82, 2.24) is 9.88 Å². The summed E-state index contributed by atoms with van der Waals surface area (Å²) in [5.74, 6) is -0.609. The maximum absolute atomic E-state index is 11.8. The molecule has 2 rings (SSSR count). The van der Waals surface area contributed by atoms with E-state index in [1.807, 2.05) is 19.1 Å². The zero-order chi connectivity index (χ0) is 15.2. The molecule has 21 heavy (non-hydrogen) atoms. The van der Waals surface area contributed by atoms with Gasteiger partial charge in [0, 0.05) is 31.6 Å². The second-order valence-electron chi connectivity index (χ2n) is 4.97. The molecule has 1 aliphatic rings. The molecule has 2 heterocycles. The number of pyridine rings is 1. The fourth-order valence-corrected chi connectivity index (χ4v) is 2.22. The van der Waals surface area contributed by atoms with Crippen molar-refractivity contribution in [2.45, 2.75) is 32.8 Å². The van der Waals surface area contributed by atoms with Gasteiger partial charge in [-0.1, -0.05) is 0 Å². The van der Waals surface area contributed by atoms with Crippen molar-refractivity contribution in [1.29, 1.82) is 0 Å². The van der Waals surface area contributed by atoms with Gasteiger partial charge in [-0.05, 0) is 26.0 Å². The molecule has 0 unspecified atom stereocenters. The minimum atomic E-state index is -0.778. The van der Waals surface area contributed by atoms with Crippen LogP contribution in [-0.2, 0) is 14.3 Å². The average Bonchev–Trinajstić information content (AvgIpc) is 2.50. The zero-order valence-corrected chi connectivity index (χ0v) is 12.4. The molecule has 1 aromatic rings. The number of carbonyl (C=O) groups is 2. The Labute approximate surface area is 124 Å². The molecule has 0 bridgehead atoms. The molecule has 1 aromatic heterocycles. The van der Waals surface area contributed by atoms with E-state index in [4.69, 9.17) is 9.47 Å². The van der Waals surface area contributed by atoms with E-state index in [2.05, 4.69) is 4.98 Å². The summed E-state index contributed by atoms with van der Waals surface area (Å²) in [6.45, 7) is 4.82. The number of amides is 1. The molecule has 114 valence electrons. The Hall–Kier alpha value is -2.11. The number of rotatable bonds is 3. The molecular weight excluding hydrogens is 272 g/mol. The molecular formula is C15H20N2O4. The quantitative estimate of drug-likeness (QED) is 0.621. The van der Waals surface area contributed by atoms with E-state index in [0.29, 0.717) is 25.9 Å². The minimum absolute atomic E-state index is 0.0424. The molecule has 1 fully saturated rings. The largest absolute Gasteiger partial charge is 0.489 e. The molecule has 0 atom stereocenters. The van der Waals surface area contributed by atoms with Gasteiger partial charge in [-0.25, -0.2) is 4.79 Å². The predicted octanol–water partition coefficient (Wildman–Crippen LogP) is 1.32. The Balaban J connectivity index is 1.81. The lowest BCUT2D eigenvalue weighted by Gasteiger charge is -2.31. The van der Waals surface area contributed by atoms with Gasteiger partial charge in [0.25, 0.3) is 0 Å². The number of hydrogen-bond acceptors (Lipinski definition) is 5. The summed E-state index contributed by atoms with van der Waals surface area (Å²) < 4.78 is 10.6. The van der Waals surface area contributed by atoms with Crippen molar-refractivity contribution in [3.05, 3.63) is 24.0 Å². The number of nitrogens with zero attached hydrogens (tertiary/aromatic N) is 2. The highest BCUT2D eigenvalue weighted by Crippen LogP contribution is 2.18. The summed E-state index contributed by atoms with van der Waals surface area (Å²) in [5.41, 5.74) is 0.942. The second kappa shape index (κ2) is 7.06. The Morgan fingerprint density at radius 1 is 1.33 bits per heavy atom. The fourth-order valence-electron chi connectivity index (χ4n) is 2.22. The van der Waals surface area contributed by atoms with Crippen LogP contribution in [-0.4, -0.2) is 47.6 Å². The van der Waals surface area contributed by atoms with E-state index in [-0.39, 0.29) is 12.7 Å². The molecule has 1 saturated heterocycles. The van der Waals surface area contributed by atoms with E-state index < -0.39 is 11.9 Å². The van der Waals surface area contributed by atoms with Crippen LogP contribution in [0.2, 0.25) is 0 Å². The zero-order valence-electron chi connectivity index (χ0n) is 12.4. The first kappa shape index (κ1) is 15.3. The highest BCUT2D eigenvalue weighted by atomic mass is 16.5. The van der Waals surface area contributed by atoms with Crippen molar-refractivity contribution >= 4 is 11.9 Å². The topological polar surface area (TPSA) is 68.7 Å². The van der Waals surface area contributed by atoms with Crippen LogP contribution in [0.1, 0.15) is 25.5 Å². The van der Waals surface area contributed by atoms with Gasteiger partial charge in [-0.15, -0.1) is 0 Å². The van der Waals surface area contributed by atoms with E-state index >= 15 is 0 Å². The van der Waals surface area contributed by atoms with Gasteiger partial charge in [0.15, 0.2) is 0 Å². The molecule has 0 aromatic carbocycles. The molecule has 0 radical (unpaired) electrons. The van der Waals surface area contributed by atoms with Crippen molar-refractivity contribution in [3.63, 3.8) is 0 Å². The van der Waals surface area contributed by atoms with Gasteiger partial charge in [0.1, 0.15) is 11.9 Å². The second-order valence-corrected chi connectivity index (χ2v) is 4.97. The maximum atomic E-state index is 11.8. The van der Waals surface area contributed by atoms with Gasteiger partial charge in [-0.3, -0.25) is 9.78 Å². The van der Waals surface area contributed by atoms with Crippen LogP contribution in [0, 0.1) is 6.92 Å². The van der Waals surface area contributed by atoms with Gasteiger partial charge in [-0.2, -0.15) is 0 Å². The lowest BCUT2D eigenvalue weighted by Crippen LogP contribution is -2.45. The monoisotopic (exact) mass is 292 g/mol. The summed E-state index contributed by atoms with van der Waals surface area (Å²) in [7, 11) is 0. The summed E-state index contributed by atoms with van der Waals surface area (Å²) >= 11 is 0. The lowest BCUT2D eigenvalue weighted by molar-refractivity contribution is -0.160.